The molecule has 0 bridgehead atoms. The molecule has 0 saturated carbocycles. The third-order valence-corrected chi connectivity index (χ3v) is 6.58. The quantitative estimate of drug-likeness (QED) is 0.0674. The number of halogens is 8. The van der Waals surface area contributed by atoms with Crippen molar-refractivity contribution in [2.75, 3.05) is 10.6 Å². The number of unbranched alkanes of at least 4 members (excludes halogenated alkanes) is 9. The van der Waals surface area contributed by atoms with Gasteiger partial charge in [0.2, 0.25) is 5.91 Å². The van der Waals surface area contributed by atoms with Crippen LogP contribution in [-0.4, -0.2) is 52.2 Å². The summed E-state index contributed by atoms with van der Waals surface area (Å²) in [5.41, 5.74) is -1.18. The number of alkyl halides is 8. The number of carboxylic acids is 1. The number of aromatic hydroxyl groups is 1. The van der Waals surface area contributed by atoms with Gasteiger partial charge in [-0.05, 0) is 18.6 Å². The molecule has 0 heterocycles. The lowest BCUT2D eigenvalue weighted by molar-refractivity contribution is -0.326. The first kappa shape index (κ1) is 36.9. The minimum atomic E-state index is -6.78. The molecule has 42 heavy (non-hydrogen) atoms. The first-order chi connectivity index (χ1) is 19.5. The summed E-state index contributed by atoms with van der Waals surface area (Å²) in [6, 6.07) is 2.25. The molecule has 7 nitrogen and oxygen atoms in total. The largest absolute Gasteiger partial charge is 0.506 e. The van der Waals surface area contributed by atoms with E-state index in [4.69, 9.17) is 5.11 Å². The van der Waals surface area contributed by atoms with Crippen LogP contribution in [0.4, 0.5) is 46.5 Å². The fourth-order valence-corrected chi connectivity index (χ4v) is 4.06. The SMILES string of the molecule is CCCCCCCCCCCCC(CC(=O)O)C(=O)Nc1ccc(NC(=O)C(F)(F)C(F)(F)C(F)(F)C(F)F)c(O)c1. The maximum atomic E-state index is 13.8. The Bertz CT molecular complexity index is 1040. The van der Waals surface area contributed by atoms with Gasteiger partial charge in [-0.2, -0.15) is 26.3 Å². The number of aliphatic carboxylic acids is 1. The molecule has 15 heteroatoms. The number of carboxylic acid groups (broad SMARTS) is 1. The molecular formula is C27H36F8N2O5. The normalized spacial score (nSPS) is 13.2. The monoisotopic (exact) mass is 620 g/mol. The van der Waals surface area contributed by atoms with Crippen molar-refractivity contribution in [1.29, 1.82) is 0 Å². The maximum Gasteiger partial charge on any atom is 0.393 e. The molecule has 2 amide bonds. The molecule has 0 spiro atoms. The van der Waals surface area contributed by atoms with Gasteiger partial charge in [0.05, 0.1) is 12.1 Å². The summed E-state index contributed by atoms with van der Waals surface area (Å²) >= 11 is 0. The predicted octanol–water partition coefficient (Wildman–Crippen LogP) is 7.84. The van der Waals surface area contributed by atoms with Gasteiger partial charge < -0.3 is 20.8 Å². The number of carbonyl (C=O) groups is 3. The van der Waals surface area contributed by atoms with Crippen molar-refractivity contribution >= 4 is 29.2 Å². The van der Waals surface area contributed by atoms with Gasteiger partial charge in [0.1, 0.15) is 5.75 Å². The van der Waals surface area contributed by atoms with Gasteiger partial charge in [0.15, 0.2) is 0 Å². The summed E-state index contributed by atoms with van der Waals surface area (Å²) < 4.78 is 105. The maximum absolute atomic E-state index is 13.8. The molecule has 0 saturated heterocycles. The van der Waals surface area contributed by atoms with Crippen molar-refractivity contribution in [3.63, 3.8) is 0 Å². The predicted molar refractivity (Wildman–Crippen MR) is 138 cm³/mol. The molecule has 1 rings (SSSR count). The Balaban J connectivity index is 2.76. The van der Waals surface area contributed by atoms with Gasteiger partial charge in [-0.25, -0.2) is 8.78 Å². The summed E-state index contributed by atoms with van der Waals surface area (Å²) in [4.78, 5) is 35.5. The third kappa shape index (κ3) is 10.3. The van der Waals surface area contributed by atoms with Crippen LogP contribution in [-0.2, 0) is 14.4 Å². The molecule has 0 aliphatic rings. The number of rotatable bonds is 20. The minimum Gasteiger partial charge on any atom is -0.506 e. The van der Waals surface area contributed by atoms with E-state index in [1.807, 2.05) is 0 Å². The highest BCUT2D eigenvalue weighted by Crippen LogP contribution is 2.49. The van der Waals surface area contributed by atoms with E-state index in [0.717, 1.165) is 43.5 Å². The fourth-order valence-electron chi connectivity index (χ4n) is 4.06. The topological polar surface area (TPSA) is 116 Å². The molecule has 240 valence electrons. The molecule has 0 radical (unpaired) electrons. The zero-order valence-electron chi connectivity index (χ0n) is 23.0. The Kier molecular flexibility index (Phi) is 14.5. The van der Waals surface area contributed by atoms with Crippen molar-refractivity contribution in [2.45, 2.75) is 108 Å². The van der Waals surface area contributed by atoms with Crippen molar-refractivity contribution in [1.82, 2.24) is 0 Å². The smallest absolute Gasteiger partial charge is 0.393 e. The first-order valence-electron chi connectivity index (χ1n) is 13.6. The van der Waals surface area contributed by atoms with Gasteiger partial charge in [0, 0.05) is 17.7 Å². The van der Waals surface area contributed by atoms with Crippen LogP contribution in [0.5, 0.6) is 5.75 Å². The molecule has 4 N–H and O–H groups in total. The summed E-state index contributed by atoms with van der Waals surface area (Å²) in [5.74, 6) is -26.8. The Morgan fingerprint density at radius 3 is 1.83 bits per heavy atom. The van der Waals surface area contributed by atoms with Crippen LogP contribution in [0.1, 0.15) is 84.0 Å². The average Bonchev–Trinajstić information content (AvgIpc) is 2.89. The van der Waals surface area contributed by atoms with Gasteiger partial charge in [-0.1, -0.05) is 71.1 Å². The number of hydrogen-bond donors (Lipinski definition) is 4. The molecule has 1 atom stereocenters. The highest BCUT2D eigenvalue weighted by Gasteiger charge is 2.78. The van der Waals surface area contributed by atoms with E-state index in [2.05, 4.69) is 12.2 Å². The van der Waals surface area contributed by atoms with Gasteiger partial charge in [-0.3, -0.25) is 14.4 Å². The number of anilines is 2. The molecule has 0 fully saturated rings. The van der Waals surface area contributed by atoms with E-state index >= 15 is 0 Å². The van der Waals surface area contributed by atoms with E-state index < -0.39 is 65.8 Å². The number of hydrogen-bond acceptors (Lipinski definition) is 4. The first-order valence-corrected chi connectivity index (χ1v) is 13.6. The number of phenols is 1. The van der Waals surface area contributed by atoms with Crippen LogP contribution in [0.3, 0.4) is 0 Å². The van der Waals surface area contributed by atoms with E-state index in [1.54, 1.807) is 0 Å². The number of nitrogens with one attached hydrogen (secondary N) is 2. The van der Waals surface area contributed by atoms with E-state index in [-0.39, 0.29) is 12.1 Å². The lowest BCUT2D eigenvalue weighted by Crippen LogP contribution is -2.61. The zero-order chi connectivity index (χ0) is 32.1. The van der Waals surface area contributed by atoms with E-state index in [0.29, 0.717) is 18.6 Å². The fraction of sp³-hybridized carbons (Fsp3) is 0.667. The van der Waals surface area contributed by atoms with Gasteiger partial charge in [-0.15, -0.1) is 0 Å². The van der Waals surface area contributed by atoms with Crippen molar-refractivity contribution in [2.24, 2.45) is 5.92 Å². The summed E-state index contributed by atoms with van der Waals surface area (Å²) in [6.45, 7) is 2.14. The average molecular weight is 621 g/mol. The van der Waals surface area contributed by atoms with Crippen LogP contribution in [0.15, 0.2) is 18.2 Å². The van der Waals surface area contributed by atoms with E-state index in [1.165, 1.54) is 25.7 Å². The zero-order valence-corrected chi connectivity index (χ0v) is 23.0. The molecule has 0 aliphatic heterocycles. The van der Waals surface area contributed by atoms with E-state index in [9.17, 15) is 54.6 Å². The second-order valence-corrected chi connectivity index (χ2v) is 10.0. The van der Waals surface area contributed by atoms with Crippen LogP contribution in [0.25, 0.3) is 0 Å². The third-order valence-electron chi connectivity index (χ3n) is 6.58. The highest BCUT2D eigenvalue weighted by atomic mass is 19.4. The lowest BCUT2D eigenvalue weighted by Gasteiger charge is -2.31. The second kappa shape index (κ2) is 16.5. The summed E-state index contributed by atoms with van der Waals surface area (Å²) in [7, 11) is 0. The molecule has 1 aromatic carbocycles. The van der Waals surface area contributed by atoms with Crippen LogP contribution in [0, 0.1) is 5.92 Å². The Hall–Kier alpha value is -3.13. The van der Waals surface area contributed by atoms with Gasteiger partial charge >= 0.3 is 36.1 Å². The Morgan fingerprint density at radius 1 is 0.833 bits per heavy atom. The van der Waals surface area contributed by atoms with Crippen molar-refractivity contribution < 1.29 is 59.7 Å². The standard InChI is InChI=1S/C27H36F8N2O5/c1-2-3-4-5-6-7-8-9-10-11-12-17(15-21(39)40)22(41)36-18-13-14-19(20(38)16-18)37-24(42)26(32,33)27(34,35)25(30,31)23(28)29/h13-14,16-17,23,38H,2-12,15H2,1H3,(H,36,41)(H,37,42)(H,39,40). The molecule has 1 unspecified atom stereocenters. The lowest BCUT2D eigenvalue weighted by atomic mass is 9.96. The number of carbonyl (C=O) groups excluding carboxylic acids is 2. The number of phenolic OH excluding ortho intramolecular Hbond substituents is 1. The van der Waals surface area contributed by atoms with Crippen LogP contribution < -0.4 is 10.6 Å². The van der Waals surface area contributed by atoms with Crippen LogP contribution >= 0.6 is 0 Å². The molecule has 1 aromatic rings. The van der Waals surface area contributed by atoms with Crippen molar-refractivity contribution in [3.05, 3.63) is 18.2 Å². The number of benzene rings is 1. The molecule has 0 aliphatic carbocycles. The summed E-state index contributed by atoms with van der Waals surface area (Å²) in [6.07, 6.45) is 4.80. The van der Waals surface area contributed by atoms with Crippen molar-refractivity contribution in [3.8, 4) is 5.75 Å². The Morgan fingerprint density at radius 2 is 1.36 bits per heavy atom. The van der Waals surface area contributed by atoms with Crippen LogP contribution in [0.2, 0.25) is 0 Å². The number of amides is 2. The second-order valence-electron chi connectivity index (χ2n) is 10.0. The molecular weight excluding hydrogens is 584 g/mol. The molecule has 0 aromatic heterocycles. The summed E-state index contributed by atoms with van der Waals surface area (Å²) in [5, 5.41) is 22.5. The Labute approximate surface area is 238 Å². The van der Waals surface area contributed by atoms with Gasteiger partial charge in [0.25, 0.3) is 0 Å². The highest BCUT2D eigenvalue weighted by molar-refractivity contribution is 5.99. The minimum absolute atomic E-state index is 0.199.